The minimum Gasteiger partial charge on any atom is -0.337 e. The highest BCUT2D eigenvalue weighted by Gasteiger charge is 2.29. The van der Waals surface area contributed by atoms with Gasteiger partial charge in [-0.25, -0.2) is 4.98 Å². The second-order valence-electron chi connectivity index (χ2n) is 4.68. The highest BCUT2D eigenvalue weighted by Crippen LogP contribution is 2.25. The summed E-state index contributed by atoms with van der Waals surface area (Å²) in [6.45, 7) is 5.92. The highest BCUT2D eigenvalue weighted by molar-refractivity contribution is 9.09. The van der Waals surface area contributed by atoms with Gasteiger partial charge in [0.2, 0.25) is 0 Å². The van der Waals surface area contributed by atoms with Gasteiger partial charge in [-0.2, -0.15) is 0 Å². The molecule has 1 saturated heterocycles. The Bertz CT molecular complexity index is 299. The number of alkyl halides is 1. The molecule has 0 aromatic carbocycles. The number of halogens is 1. The minimum absolute atomic E-state index is 0.739. The summed E-state index contributed by atoms with van der Waals surface area (Å²) in [5.74, 6) is 0.840. The number of aromatic nitrogens is 2. The van der Waals surface area contributed by atoms with E-state index in [0.717, 1.165) is 23.8 Å². The topological polar surface area (TPSA) is 21.1 Å². The van der Waals surface area contributed by atoms with Crippen molar-refractivity contribution in [3.8, 4) is 0 Å². The average molecular weight is 286 g/mol. The van der Waals surface area contributed by atoms with Gasteiger partial charge in [0.1, 0.15) is 0 Å². The molecule has 4 heteroatoms. The molecule has 1 aliphatic rings. The summed E-state index contributed by atoms with van der Waals surface area (Å²) in [6.07, 6.45) is 8.34. The lowest BCUT2D eigenvalue weighted by Crippen LogP contribution is -2.34. The van der Waals surface area contributed by atoms with Gasteiger partial charge in [0, 0.05) is 36.9 Å². The number of likely N-dealkylation sites (tertiary alicyclic amines) is 1. The van der Waals surface area contributed by atoms with Crippen molar-refractivity contribution in [1.82, 2.24) is 14.5 Å². The standard InChI is InChI=1S/C12H20BrN3/c1-11-3-7-16(12(11)9-13)6-2-5-15-8-4-14-10-15/h4,8,10-12H,2-3,5-7,9H2,1H3. The molecule has 0 amide bonds. The zero-order valence-corrected chi connectivity index (χ0v) is 11.4. The number of imidazole rings is 1. The number of aryl methyl sites for hydroxylation is 1. The van der Waals surface area contributed by atoms with E-state index in [0.29, 0.717) is 0 Å². The van der Waals surface area contributed by atoms with E-state index in [9.17, 15) is 0 Å². The normalized spacial score (nSPS) is 26.4. The van der Waals surface area contributed by atoms with Crippen LogP contribution in [0.2, 0.25) is 0 Å². The number of rotatable bonds is 5. The summed E-state index contributed by atoms with van der Waals surface area (Å²) in [6, 6.07) is 0.739. The quantitative estimate of drug-likeness (QED) is 0.775. The maximum atomic E-state index is 4.06. The first-order valence-electron chi connectivity index (χ1n) is 6.07. The van der Waals surface area contributed by atoms with Gasteiger partial charge >= 0.3 is 0 Å². The van der Waals surface area contributed by atoms with E-state index in [-0.39, 0.29) is 0 Å². The average Bonchev–Trinajstić information content (AvgIpc) is 2.89. The summed E-state index contributed by atoms with van der Waals surface area (Å²) in [4.78, 5) is 6.68. The Morgan fingerprint density at radius 1 is 1.44 bits per heavy atom. The fourth-order valence-corrected chi connectivity index (χ4v) is 3.54. The Labute approximate surface area is 106 Å². The second kappa shape index (κ2) is 5.82. The Morgan fingerprint density at radius 2 is 2.31 bits per heavy atom. The van der Waals surface area contributed by atoms with Crippen molar-refractivity contribution in [3.63, 3.8) is 0 Å². The Kier molecular flexibility index (Phi) is 4.41. The van der Waals surface area contributed by atoms with Crippen molar-refractivity contribution >= 4 is 15.9 Å². The molecule has 0 bridgehead atoms. The van der Waals surface area contributed by atoms with Crippen LogP contribution in [-0.2, 0) is 6.54 Å². The third-order valence-electron chi connectivity index (χ3n) is 3.58. The highest BCUT2D eigenvalue weighted by atomic mass is 79.9. The molecule has 1 aliphatic heterocycles. The molecular weight excluding hydrogens is 266 g/mol. The van der Waals surface area contributed by atoms with Crippen LogP contribution in [0.1, 0.15) is 19.8 Å². The van der Waals surface area contributed by atoms with Gasteiger partial charge in [-0.3, -0.25) is 4.90 Å². The van der Waals surface area contributed by atoms with Crippen LogP contribution in [0.15, 0.2) is 18.7 Å². The summed E-state index contributed by atoms with van der Waals surface area (Å²) < 4.78 is 2.16. The van der Waals surface area contributed by atoms with Crippen LogP contribution in [0.25, 0.3) is 0 Å². The van der Waals surface area contributed by atoms with Gasteiger partial charge in [-0.1, -0.05) is 22.9 Å². The van der Waals surface area contributed by atoms with Crippen LogP contribution in [0, 0.1) is 5.92 Å². The predicted molar refractivity (Wildman–Crippen MR) is 69.8 cm³/mol. The van der Waals surface area contributed by atoms with E-state index in [4.69, 9.17) is 0 Å². The van der Waals surface area contributed by atoms with Gasteiger partial charge < -0.3 is 4.57 Å². The molecule has 1 aromatic heterocycles. The molecule has 0 N–H and O–H groups in total. The maximum absolute atomic E-state index is 4.06. The molecule has 16 heavy (non-hydrogen) atoms. The monoisotopic (exact) mass is 285 g/mol. The number of nitrogens with zero attached hydrogens (tertiary/aromatic N) is 3. The SMILES string of the molecule is CC1CCN(CCCn2ccnc2)C1CBr. The molecule has 0 radical (unpaired) electrons. The summed E-state index contributed by atoms with van der Waals surface area (Å²) in [5.41, 5.74) is 0. The molecule has 2 rings (SSSR count). The zero-order chi connectivity index (χ0) is 11.4. The molecule has 2 atom stereocenters. The van der Waals surface area contributed by atoms with Gasteiger partial charge in [0.15, 0.2) is 0 Å². The molecular formula is C12H20BrN3. The van der Waals surface area contributed by atoms with E-state index in [1.54, 1.807) is 0 Å². The number of hydrogen-bond acceptors (Lipinski definition) is 2. The smallest absolute Gasteiger partial charge is 0.0945 e. The van der Waals surface area contributed by atoms with E-state index < -0.39 is 0 Å². The third kappa shape index (κ3) is 2.86. The van der Waals surface area contributed by atoms with Crippen molar-refractivity contribution < 1.29 is 0 Å². The lowest BCUT2D eigenvalue weighted by atomic mass is 10.1. The molecule has 3 nitrogen and oxygen atoms in total. The third-order valence-corrected chi connectivity index (χ3v) is 4.24. The number of hydrogen-bond donors (Lipinski definition) is 0. The maximum Gasteiger partial charge on any atom is 0.0945 e. The lowest BCUT2D eigenvalue weighted by molar-refractivity contribution is 0.245. The molecule has 1 aromatic rings. The Morgan fingerprint density at radius 3 is 3.00 bits per heavy atom. The van der Waals surface area contributed by atoms with Gasteiger partial charge in [-0.05, 0) is 25.3 Å². The minimum atomic E-state index is 0.739. The van der Waals surface area contributed by atoms with E-state index in [2.05, 4.69) is 37.3 Å². The Balaban J connectivity index is 1.73. The van der Waals surface area contributed by atoms with Gasteiger partial charge in [-0.15, -0.1) is 0 Å². The van der Waals surface area contributed by atoms with Gasteiger partial charge in [0.25, 0.3) is 0 Å². The van der Waals surface area contributed by atoms with Crippen molar-refractivity contribution in [1.29, 1.82) is 0 Å². The van der Waals surface area contributed by atoms with Crippen molar-refractivity contribution in [2.75, 3.05) is 18.4 Å². The van der Waals surface area contributed by atoms with E-state index >= 15 is 0 Å². The molecule has 0 aliphatic carbocycles. The molecule has 0 saturated carbocycles. The van der Waals surface area contributed by atoms with E-state index in [1.807, 2.05) is 18.7 Å². The van der Waals surface area contributed by atoms with E-state index in [1.165, 1.54) is 25.9 Å². The summed E-state index contributed by atoms with van der Waals surface area (Å²) in [5, 5.41) is 1.11. The van der Waals surface area contributed by atoms with Crippen molar-refractivity contribution in [3.05, 3.63) is 18.7 Å². The second-order valence-corrected chi connectivity index (χ2v) is 5.33. The first-order chi connectivity index (χ1) is 7.81. The van der Waals surface area contributed by atoms with Crippen LogP contribution in [0.5, 0.6) is 0 Å². The van der Waals surface area contributed by atoms with Crippen LogP contribution >= 0.6 is 15.9 Å². The van der Waals surface area contributed by atoms with Crippen molar-refractivity contribution in [2.24, 2.45) is 5.92 Å². The molecule has 2 unspecified atom stereocenters. The first kappa shape index (κ1) is 12.1. The van der Waals surface area contributed by atoms with Crippen LogP contribution in [0.3, 0.4) is 0 Å². The van der Waals surface area contributed by atoms with Crippen LogP contribution < -0.4 is 0 Å². The molecule has 0 spiro atoms. The molecule has 90 valence electrons. The fraction of sp³-hybridized carbons (Fsp3) is 0.750. The molecule has 2 heterocycles. The molecule has 1 fully saturated rings. The zero-order valence-electron chi connectivity index (χ0n) is 9.85. The van der Waals surface area contributed by atoms with Crippen molar-refractivity contribution in [2.45, 2.75) is 32.4 Å². The lowest BCUT2D eigenvalue weighted by Gasteiger charge is -2.24. The predicted octanol–water partition coefficient (Wildman–Crippen LogP) is 2.38. The Hall–Kier alpha value is -0.350. The first-order valence-corrected chi connectivity index (χ1v) is 7.19. The summed E-state index contributed by atoms with van der Waals surface area (Å²) >= 11 is 3.63. The van der Waals surface area contributed by atoms with Gasteiger partial charge in [0.05, 0.1) is 6.33 Å². The summed E-state index contributed by atoms with van der Waals surface area (Å²) in [7, 11) is 0. The fourth-order valence-electron chi connectivity index (χ4n) is 2.49. The largest absolute Gasteiger partial charge is 0.337 e. The van der Waals surface area contributed by atoms with Crippen LogP contribution in [0.4, 0.5) is 0 Å². The van der Waals surface area contributed by atoms with Crippen LogP contribution in [-0.4, -0.2) is 38.9 Å².